The molecule has 0 radical (unpaired) electrons. The van der Waals surface area contributed by atoms with E-state index in [1.165, 1.54) is 26.4 Å². The molecule has 2 aliphatic rings. The summed E-state index contributed by atoms with van der Waals surface area (Å²) in [6, 6.07) is 9.93. The van der Waals surface area contributed by atoms with Crippen LogP contribution in [0.5, 0.6) is 0 Å². The number of terminal acetylenes is 1. The molecule has 0 aromatic heterocycles. The number of halogens is 3. The maximum absolute atomic E-state index is 13.4. The molecule has 0 saturated carbocycles. The Balaban J connectivity index is 0.000000196. The van der Waals surface area contributed by atoms with Crippen LogP contribution in [0.2, 0.25) is 0 Å². The second-order valence-corrected chi connectivity index (χ2v) is 9.39. The molecular weight excluding hydrogens is 522 g/mol. The van der Waals surface area contributed by atoms with E-state index in [0.29, 0.717) is 43.7 Å². The molecule has 0 unspecified atom stereocenters. The first-order valence-electron chi connectivity index (χ1n) is 11.0. The van der Waals surface area contributed by atoms with Crippen molar-refractivity contribution in [1.82, 2.24) is 9.80 Å². The van der Waals surface area contributed by atoms with E-state index >= 15 is 0 Å². The summed E-state index contributed by atoms with van der Waals surface area (Å²) in [7, 11) is 2.79. The summed E-state index contributed by atoms with van der Waals surface area (Å²) in [5.41, 5.74) is 2.04. The van der Waals surface area contributed by atoms with Crippen molar-refractivity contribution in [2.24, 2.45) is 11.8 Å². The lowest BCUT2D eigenvalue weighted by Crippen LogP contribution is -2.49. The third-order valence-corrected chi connectivity index (χ3v) is 6.61. The summed E-state index contributed by atoms with van der Waals surface area (Å²) >= 11 is 3.11. The van der Waals surface area contributed by atoms with Gasteiger partial charge in [0.1, 0.15) is 11.6 Å². The Morgan fingerprint density at radius 3 is 1.77 bits per heavy atom. The van der Waals surface area contributed by atoms with Gasteiger partial charge in [-0.15, -0.1) is 6.42 Å². The molecule has 0 N–H and O–H groups in total. The minimum Gasteiger partial charge on any atom is -0.469 e. The summed E-state index contributed by atoms with van der Waals surface area (Å²) in [6.07, 6.45) is 5.15. The highest BCUT2D eigenvalue weighted by atomic mass is 79.9. The zero-order valence-electron chi connectivity index (χ0n) is 19.6. The van der Waals surface area contributed by atoms with Gasteiger partial charge in [0.15, 0.2) is 0 Å². The average Bonchev–Trinajstić information content (AvgIpc) is 2.80. The molecule has 2 aromatic rings. The minimum absolute atomic E-state index is 0.0275. The Bertz CT molecular complexity index is 1110. The summed E-state index contributed by atoms with van der Waals surface area (Å²) in [5, 5.41) is 0. The molecule has 2 saturated heterocycles. The first kappa shape index (κ1) is 26.8. The molecule has 0 spiro atoms. The number of benzene rings is 2. The van der Waals surface area contributed by atoms with E-state index in [0.717, 1.165) is 11.1 Å². The highest BCUT2D eigenvalue weighted by Crippen LogP contribution is 2.23. The second-order valence-electron chi connectivity index (χ2n) is 8.54. The van der Waals surface area contributed by atoms with Crippen molar-refractivity contribution in [3.05, 3.63) is 69.2 Å². The van der Waals surface area contributed by atoms with Crippen molar-refractivity contribution < 1.29 is 27.8 Å². The van der Waals surface area contributed by atoms with Gasteiger partial charge in [0.25, 0.3) is 0 Å². The first-order valence-corrected chi connectivity index (χ1v) is 11.8. The molecule has 6 nitrogen and oxygen atoms in total. The molecule has 186 valence electrons. The van der Waals surface area contributed by atoms with Crippen LogP contribution in [0.25, 0.3) is 0 Å². The largest absolute Gasteiger partial charge is 0.469 e. The Kier molecular flexibility index (Phi) is 9.38. The molecule has 2 aliphatic heterocycles. The number of hydrogen-bond donors (Lipinski definition) is 0. The van der Waals surface area contributed by atoms with Crippen molar-refractivity contribution in [1.29, 1.82) is 0 Å². The van der Waals surface area contributed by atoms with Gasteiger partial charge in [-0.25, -0.2) is 8.78 Å². The van der Waals surface area contributed by atoms with Gasteiger partial charge in [0.2, 0.25) is 0 Å². The van der Waals surface area contributed by atoms with Crippen molar-refractivity contribution in [3.63, 3.8) is 0 Å². The van der Waals surface area contributed by atoms with E-state index in [-0.39, 0.29) is 41.0 Å². The minimum atomic E-state index is -0.375. The van der Waals surface area contributed by atoms with Gasteiger partial charge in [-0.3, -0.25) is 19.4 Å². The van der Waals surface area contributed by atoms with Crippen molar-refractivity contribution >= 4 is 27.9 Å². The van der Waals surface area contributed by atoms with Crippen LogP contribution >= 0.6 is 15.9 Å². The van der Waals surface area contributed by atoms with Crippen LogP contribution in [0.1, 0.15) is 16.7 Å². The number of methoxy groups -OCH3 is 2. The molecule has 0 bridgehead atoms. The van der Waals surface area contributed by atoms with Gasteiger partial charge >= 0.3 is 11.9 Å². The number of likely N-dealkylation sites (tertiary alicyclic amines) is 2. The number of carbonyl (C=O) groups is 2. The van der Waals surface area contributed by atoms with Crippen LogP contribution in [0.15, 0.2) is 40.9 Å². The molecular formula is C26H27BrF2N2O4. The number of carbonyl (C=O) groups excluding carboxylic acids is 2. The number of ether oxygens (including phenoxy) is 2. The monoisotopic (exact) mass is 548 g/mol. The van der Waals surface area contributed by atoms with E-state index < -0.39 is 0 Å². The van der Waals surface area contributed by atoms with Crippen LogP contribution in [-0.2, 0) is 32.2 Å². The van der Waals surface area contributed by atoms with Crippen LogP contribution in [-0.4, -0.2) is 62.1 Å². The van der Waals surface area contributed by atoms with Crippen molar-refractivity contribution in [2.75, 3.05) is 40.4 Å². The molecule has 0 atom stereocenters. The first-order chi connectivity index (χ1) is 16.7. The van der Waals surface area contributed by atoms with Gasteiger partial charge in [0, 0.05) is 39.3 Å². The average molecular weight is 549 g/mol. The number of nitrogens with zero attached hydrogens (tertiary/aromatic N) is 2. The molecule has 9 heteroatoms. The zero-order chi connectivity index (χ0) is 25.5. The predicted octanol–water partition coefficient (Wildman–Crippen LogP) is 3.60. The fourth-order valence-electron chi connectivity index (χ4n) is 3.96. The van der Waals surface area contributed by atoms with E-state index in [9.17, 15) is 18.4 Å². The number of hydrogen-bond acceptors (Lipinski definition) is 6. The molecule has 35 heavy (non-hydrogen) atoms. The van der Waals surface area contributed by atoms with Gasteiger partial charge in [-0.2, -0.15) is 0 Å². The molecule has 2 fully saturated rings. The summed E-state index contributed by atoms with van der Waals surface area (Å²) in [6.45, 7) is 3.97. The quantitative estimate of drug-likeness (QED) is 0.406. The topological polar surface area (TPSA) is 59.1 Å². The SMILES string of the molecule is C#Cc1ccc(CN2CC(C(=O)OC)C2)cc1F.COC(=O)C1CN(Cc2ccc(Br)c(F)c2)C1. The van der Waals surface area contributed by atoms with Crippen LogP contribution in [0.4, 0.5) is 8.78 Å². The zero-order valence-corrected chi connectivity index (χ0v) is 21.2. The van der Waals surface area contributed by atoms with Gasteiger partial charge in [0.05, 0.1) is 36.1 Å². The lowest BCUT2D eigenvalue weighted by Gasteiger charge is -2.37. The molecule has 2 heterocycles. The fraction of sp³-hybridized carbons (Fsp3) is 0.385. The van der Waals surface area contributed by atoms with Crippen LogP contribution in [0.3, 0.4) is 0 Å². The maximum Gasteiger partial charge on any atom is 0.311 e. The number of esters is 2. The highest BCUT2D eigenvalue weighted by molar-refractivity contribution is 9.10. The predicted molar refractivity (Wildman–Crippen MR) is 130 cm³/mol. The summed E-state index contributed by atoms with van der Waals surface area (Å²) in [5.74, 6) is 1.23. The van der Waals surface area contributed by atoms with Crippen molar-refractivity contribution in [3.8, 4) is 12.3 Å². The lowest BCUT2D eigenvalue weighted by atomic mass is 9.99. The maximum atomic E-state index is 13.4. The molecule has 2 aromatic carbocycles. The van der Waals surface area contributed by atoms with Crippen LogP contribution < -0.4 is 0 Å². The summed E-state index contributed by atoms with van der Waals surface area (Å²) in [4.78, 5) is 26.5. The Morgan fingerprint density at radius 2 is 1.37 bits per heavy atom. The van der Waals surface area contributed by atoms with Gasteiger partial charge in [-0.1, -0.05) is 18.1 Å². The second kappa shape index (κ2) is 12.2. The Labute approximate surface area is 212 Å². The smallest absolute Gasteiger partial charge is 0.311 e. The van der Waals surface area contributed by atoms with E-state index in [1.54, 1.807) is 12.1 Å². The number of rotatable bonds is 6. The van der Waals surface area contributed by atoms with E-state index in [1.807, 2.05) is 12.1 Å². The third-order valence-electron chi connectivity index (χ3n) is 5.97. The van der Waals surface area contributed by atoms with Crippen molar-refractivity contribution in [2.45, 2.75) is 13.1 Å². The highest BCUT2D eigenvalue weighted by Gasteiger charge is 2.34. The lowest BCUT2D eigenvalue weighted by molar-refractivity contribution is -0.152. The molecule has 0 aliphatic carbocycles. The van der Waals surface area contributed by atoms with Gasteiger partial charge < -0.3 is 9.47 Å². The summed E-state index contributed by atoms with van der Waals surface area (Å²) < 4.78 is 36.5. The Hall–Kier alpha value is -2.80. The Morgan fingerprint density at radius 1 is 0.914 bits per heavy atom. The third kappa shape index (κ3) is 7.10. The fourth-order valence-corrected chi connectivity index (χ4v) is 4.20. The molecule has 0 amide bonds. The molecule has 4 rings (SSSR count). The standard InChI is InChI=1S/C14H14FNO2.C12H13BrFNO2/c1-3-11-5-4-10(6-13(11)15)7-16-8-12(9-16)14(17)18-2;1-17-12(16)9-6-15(7-9)5-8-2-3-10(13)11(14)4-8/h1,4-6,12H,7-9H2,2H3;2-4,9H,5-7H2,1H3. The van der Waals surface area contributed by atoms with Gasteiger partial charge in [-0.05, 0) is 51.3 Å². The van der Waals surface area contributed by atoms with Crippen LogP contribution in [0, 0.1) is 35.8 Å². The normalized spacial score (nSPS) is 16.2. The van der Waals surface area contributed by atoms with E-state index in [2.05, 4.69) is 41.1 Å². The van der Waals surface area contributed by atoms with E-state index in [4.69, 9.17) is 6.42 Å².